The zero-order valence-corrected chi connectivity index (χ0v) is 23.2. The molecule has 10 heteroatoms. The number of nitrogens with zero attached hydrogens (tertiary/aromatic N) is 3. The van der Waals surface area contributed by atoms with Gasteiger partial charge >= 0.3 is 5.97 Å². The summed E-state index contributed by atoms with van der Waals surface area (Å²) in [6.45, 7) is 4.40. The lowest BCUT2D eigenvalue weighted by atomic mass is 10.2. The molecule has 0 radical (unpaired) electrons. The van der Waals surface area contributed by atoms with E-state index in [1.165, 1.54) is 0 Å². The van der Waals surface area contributed by atoms with Gasteiger partial charge in [-0.15, -0.1) is 5.10 Å². The molecule has 0 amide bonds. The van der Waals surface area contributed by atoms with Gasteiger partial charge in [0.1, 0.15) is 24.7 Å². The van der Waals surface area contributed by atoms with E-state index in [1.807, 2.05) is 61.7 Å². The van der Waals surface area contributed by atoms with Gasteiger partial charge in [0, 0.05) is 18.2 Å². The summed E-state index contributed by atoms with van der Waals surface area (Å²) >= 11 is 0. The Balaban J connectivity index is 1.27. The van der Waals surface area contributed by atoms with E-state index in [9.17, 15) is 4.79 Å². The van der Waals surface area contributed by atoms with Gasteiger partial charge in [-0.3, -0.25) is 4.79 Å². The van der Waals surface area contributed by atoms with Crippen LogP contribution in [0, 0.1) is 6.92 Å². The number of aromatic nitrogens is 3. The van der Waals surface area contributed by atoms with Crippen LogP contribution in [-0.2, 0) is 29.2 Å². The highest BCUT2D eigenvalue weighted by Gasteiger charge is 2.17. The fourth-order valence-corrected chi connectivity index (χ4v) is 4.16. The number of ether oxygens (including phenoxy) is 4. The van der Waals surface area contributed by atoms with Gasteiger partial charge in [-0.05, 0) is 62.2 Å². The molecule has 0 unspecified atom stereocenters. The molecular formula is C31H31N3O7. The standard InChI is InChI=1S/C31H31N3O7/c1-4-37-29(35)15-13-23-18-34(24-9-6-5-7-10-24)33-30(23)40-19-22-12-14-26(28(17-22)36-3)39-20-25-21(2)41-31(32-25)27-11-8-16-38-27/h5-12,14,16-18H,4,13,15,19-20H2,1-3H3. The Labute approximate surface area is 237 Å². The summed E-state index contributed by atoms with van der Waals surface area (Å²) in [4.78, 5) is 16.5. The van der Waals surface area contributed by atoms with Gasteiger partial charge in [0.05, 0.1) is 25.7 Å². The predicted molar refractivity (Wildman–Crippen MR) is 149 cm³/mol. The lowest BCUT2D eigenvalue weighted by molar-refractivity contribution is -0.143. The Kier molecular flexibility index (Phi) is 8.68. The fourth-order valence-electron chi connectivity index (χ4n) is 4.16. The summed E-state index contributed by atoms with van der Waals surface area (Å²) in [5, 5.41) is 4.64. The second-order valence-electron chi connectivity index (χ2n) is 9.11. The second kappa shape index (κ2) is 12.9. The number of hydrogen-bond donors (Lipinski definition) is 0. The van der Waals surface area contributed by atoms with Crippen LogP contribution in [-0.4, -0.2) is 34.5 Å². The van der Waals surface area contributed by atoms with Crippen LogP contribution in [0.5, 0.6) is 17.4 Å². The average molecular weight is 558 g/mol. The summed E-state index contributed by atoms with van der Waals surface area (Å²) < 4.78 is 35.6. The number of rotatable bonds is 13. The molecule has 5 rings (SSSR count). The molecule has 41 heavy (non-hydrogen) atoms. The minimum atomic E-state index is -0.260. The van der Waals surface area contributed by atoms with Gasteiger partial charge in [-0.25, -0.2) is 9.67 Å². The van der Waals surface area contributed by atoms with Crippen molar-refractivity contribution in [3.63, 3.8) is 0 Å². The summed E-state index contributed by atoms with van der Waals surface area (Å²) in [7, 11) is 1.58. The molecule has 0 saturated heterocycles. The molecule has 2 aromatic carbocycles. The van der Waals surface area contributed by atoms with Crippen LogP contribution in [0.25, 0.3) is 17.3 Å². The lowest BCUT2D eigenvalue weighted by Crippen LogP contribution is -2.06. The maximum atomic E-state index is 12.0. The highest BCUT2D eigenvalue weighted by molar-refractivity contribution is 5.69. The van der Waals surface area contributed by atoms with Gasteiger partial charge in [0.25, 0.3) is 5.89 Å². The Morgan fingerprint density at radius 1 is 1.00 bits per heavy atom. The van der Waals surface area contributed by atoms with Crippen molar-refractivity contribution in [1.29, 1.82) is 0 Å². The number of aryl methyl sites for hydroxylation is 2. The van der Waals surface area contributed by atoms with Crippen LogP contribution in [0.2, 0.25) is 0 Å². The Bertz CT molecular complexity index is 1570. The number of methoxy groups -OCH3 is 1. The summed E-state index contributed by atoms with van der Waals surface area (Å²) in [6.07, 6.45) is 4.13. The highest BCUT2D eigenvalue weighted by atomic mass is 16.5. The molecule has 0 bridgehead atoms. The molecule has 0 saturated carbocycles. The highest BCUT2D eigenvalue weighted by Crippen LogP contribution is 2.31. The Morgan fingerprint density at radius 3 is 2.61 bits per heavy atom. The molecule has 0 spiro atoms. The van der Waals surface area contributed by atoms with Crippen molar-refractivity contribution in [3.8, 4) is 34.7 Å². The van der Waals surface area contributed by atoms with E-state index >= 15 is 0 Å². The van der Waals surface area contributed by atoms with Crippen molar-refractivity contribution in [2.24, 2.45) is 0 Å². The second-order valence-corrected chi connectivity index (χ2v) is 9.11. The Hall–Kier alpha value is -4.99. The number of benzene rings is 2. The number of oxazole rings is 1. The summed E-state index contributed by atoms with van der Waals surface area (Å²) in [5.74, 6) is 2.91. The molecular weight excluding hydrogens is 526 g/mol. The first-order chi connectivity index (χ1) is 20.0. The quantitative estimate of drug-likeness (QED) is 0.159. The van der Waals surface area contributed by atoms with Crippen molar-refractivity contribution in [2.75, 3.05) is 13.7 Å². The van der Waals surface area contributed by atoms with E-state index in [-0.39, 0.29) is 25.6 Å². The van der Waals surface area contributed by atoms with Gasteiger partial charge in [0.15, 0.2) is 17.3 Å². The van der Waals surface area contributed by atoms with E-state index < -0.39 is 0 Å². The van der Waals surface area contributed by atoms with Crippen molar-refractivity contribution in [1.82, 2.24) is 14.8 Å². The van der Waals surface area contributed by atoms with E-state index in [4.69, 9.17) is 27.8 Å². The molecule has 0 aliphatic rings. The van der Waals surface area contributed by atoms with E-state index in [0.717, 1.165) is 16.8 Å². The molecule has 10 nitrogen and oxygen atoms in total. The minimum absolute atomic E-state index is 0.197. The maximum Gasteiger partial charge on any atom is 0.306 e. The van der Waals surface area contributed by atoms with Gasteiger partial charge < -0.3 is 27.8 Å². The van der Waals surface area contributed by atoms with Crippen molar-refractivity contribution in [2.45, 2.75) is 39.9 Å². The third-order valence-corrected chi connectivity index (χ3v) is 6.27. The molecule has 0 N–H and O–H groups in total. The molecule has 0 aliphatic heterocycles. The number of esters is 1. The molecule has 0 fully saturated rings. The topological polar surface area (TPSA) is 111 Å². The molecule has 0 aliphatic carbocycles. The fraction of sp³-hybridized carbons (Fsp3) is 0.258. The van der Waals surface area contributed by atoms with Crippen LogP contribution in [0.4, 0.5) is 0 Å². The van der Waals surface area contributed by atoms with Gasteiger partial charge in [-0.1, -0.05) is 24.3 Å². The number of carbonyl (C=O) groups is 1. The van der Waals surface area contributed by atoms with Crippen LogP contribution >= 0.6 is 0 Å². The van der Waals surface area contributed by atoms with Gasteiger partial charge in [-0.2, -0.15) is 0 Å². The predicted octanol–water partition coefficient (Wildman–Crippen LogP) is 6.09. The average Bonchev–Trinajstić information content (AvgIpc) is 3.75. The lowest BCUT2D eigenvalue weighted by Gasteiger charge is -2.12. The minimum Gasteiger partial charge on any atom is -0.493 e. The normalized spacial score (nSPS) is 10.9. The van der Waals surface area contributed by atoms with Crippen LogP contribution in [0.1, 0.15) is 35.9 Å². The number of furan rings is 1. The Morgan fingerprint density at radius 2 is 1.85 bits per heavy atom. The first kappa shape index (κ1) is 27.6. The molecule has 212 valence electrons. The third-order valence-electron chi connectivity index (χ3n) is 6.27. The van der Waals surface area contributed by atoms with E-state index in [2.05, 4.69) is 10.1 Å². The van der Waals surface area contributed by atoms with Crippen molar-refractivity contribution in [3.05, 3.63) is 95.7 Å². The first-order valence-corrected chi connectivity index (χ1v) is 13.3. The van der Waals surface area contributed by atoms with Crippen LogP contribution in [0.3, 0.4) is 0 Å². The van der Waals surface area contributed by atoms with E-state index in [0.29, 0.717) is 53.5 Å². The molecule has 3 aromatic heterocycles. The van der Waals surface area contributed by atoms with Crippen LogP contribution < -0.4 is 14.2 Å². The third kappa shape index (κ3) is 6.78. The van der Waals surface area contributed by atoms with Crippen molar-refractivity contribution < 1.29 is 32.6 Å². The first-order valence-electron chi connectivity index (χ1n) is 13.3. The monoisotopic (exact) mass is 557 g/mol. The van der Waals surface area contributed by atoms with Gasteiger partial charge in [0.2, 0.25) is 5.88 Å². The smallest absolute Gasteiger partial charge is 0.306 e. The zero-order valence-electron chi connectivity index (χ0n) is 23.2. The zero-order chi connectivity index (χ0) is 28.6. The number of carbonyl (C=O) groups excluding carboxylic acids is 1. The van der Waals surface area contributed by atoms with Crippen molar-refractivity contribution >= 4 is 5.97 Å². The molecule has 5 aromatic rings. The number of para-hydroxylation sites is 1. The SMILES string of the molecule is CCOC(=O)CCc1cn(-c2ccccc2)nc1OCc1ccc(OCc2nc(-c3ccco3)oc2C)c(OC)c1. The molecule has 3 heterocycles. The molecule has 0 atom stereocenters. The summed E-state index contributed by atoms with van der Waals surface area (Å²) in [5.41, 5.74) is 3.22. The summed E-state index contributed by atoms with van der Waals surface area (Å²) in [6, 6.07) is 18.9. The number of hydrogen-bond acceptors (Lipinski definition) is 9. The maximum absolute atomic E-state index is 12.0. The van der Waals surface area contributed by atoms with Crippen LogP contribution in [0.15, 0.2) is 82.0 Å². The van der Waals surface area contributed by atoms with E-state index in [1.54, 1.807) is 37.1 Å². The largest absolute Gasteiger partial charge is 0.493 e.